The van der Waals surface area contributed by atoms with E-state index >= 15 is 0 Å². The van der Waals surface area contributed by atoms with Crippen molar-refractivity contribution in [2.75, 3.05) is 12.4 Å². The van der Waals surface area contributed by atoms with Crippen molar-refractivity contribution in [2.45, 2.75) is 19.9 Å². The second-order valence-corrected chi connectivity index (χ2v) is 4.97. The fraction of sp³-hybridized carbons (Fsp3) is 0.267. The summed E-state index contributed by atoms with van der Waals surface area (Å²) in [5, 5.41) is 3.68. The summed E-state index contributed by atoms with van der Waals surface area (Å²) in [5.41, 5.74) is 2.67. The van der Waals surface area contributed by atoms with Gasteiger partial charge in [-0.15, -0.1) is 0 Å². The molecular formula is C15H16ClFN2O. The average molecular weight is 295 g/mol. The van der Waals surface area contributed by atoms with Gasteiger partial charge in [0.2, 0.25) is 0 Å². The van der Waals surface area contributed by atoms with Crippen LogP contribution in [0.2, 0.25) is 5.15 Å². The molecule has 0 saturated heterocycles. The smallest absolute Gasteiger partial charge is 0.165 e. The molecule has 1 atom stereocenters. The minimum atomic E-state index is -0.376. The van der Waals surface area contributed by atoms with Crippen molar-refractivity contribution in [3.05, 3.63) is 52.6 Å². The molecule has 106 valence electrons. The molecule has 1 aromatic carbocycles. The lowest BCUT2D eigenvalue weighted by molar-refractivity contribution is 0.385. The highest BCUT2D eigenvalue weighted by molar-refractivity contribution is 6.31. The van der Waals surface area contributed by atoms with Crippen LogP contribution in [0.1, 0.15) is 24.1 Å². The highest BCUT2D eigenvalue weighted by Crippen LogP contribution is 2.28. The molecule has 0 aliphatic heterocycles. The molecule has 20 heavy (non-hydrogen) atoms. The van der Waals surface area contributed by atoms with Crippen molar-refractivity contribution >= 4 is 17.3 Å². The van der Waals surface area contributed by atoms with E-state index in [1.165, 1.54) is 13.2 Å². The van der Waals surface area contributed by atoms with Crippen LogP contribution in [-0.2, 0) is 0 Å². The SMILES string of the molecule is COc1cc(C(C)Nc2cc(C)cnc2Cl)ccc1F. The van der Waals surface area contributed by atoms with Crippen LogP contribution in [0.4, 0.5) is 10.1 Å². The van der Waals surface area contributed by atoms with Crippen molar-refractivity contribution < 1.29 is 9.13 Å². The number of pyridine rings is 1. The third-order valence-electron chi connectivity index (χ3n) is 3.02. The lowest BCUT2D eigenvalue weighted by atomic mass is 10.1. The average Bonchev–Trinajstić information content (AvgIpc) is 2.43. The summed E-state index contributed by atoms with van der Waals surface area (Å²) < 4.78 is 18.4. The summed E-state index contributed by atoms with van der Waals surface area (Å²) in [5.74, 6) is -0.150. The fourth-order valence-corrected chi connectivity index (χ4v) is 2.07. The van der Waals surface area contributed by atoms with Crippen molar-refractivity contribution in [1.82, 2.24) is 4.98 Å². The number of nitrogens with one attached hydrogen (secondary N) is 1. The predicted octanol–water partition coefficient (Wildman–Crippen LogP) is 4.36. The molecule has 0 spiro atoms. The minimum Gasteiger partial charge on any atom is -0.494 e. The lowest BCUT2D eigenvalue weighted by Crippen LogP contribution is -2.08. The van der Waals surface area contributed by atoms with Gasteiger partial charge in [-0.05, 0) is 43.2 Å². The summed E-state index contributed by atoms with van der Waals surface area (Å²) in [4.78, 5) is 4.09. The molecule has 5 heteroatoms. The van der Waals surface area contributed by atoms with Gasteiger partial charge in [0.1, 0.15) is 0 Å². The number of rotatable bonds is 4. The van der Waals surface area contributed by atoms with E-state index in [0.29, 0.717) is 5.15 Å². The monoisotopic (exact) mass is 294 g/mol. The maximum Gasteiger partial charge on any atom is 0.165 e. The van der Waals surface area contributed by atoms with Crippen molar-refractivity contribution in [3.63, 3.8) is 0 Å². The van der Waals surface area contributed by atoms with E-state index in [1.807, 2.05) is 19.9 Å². The van der Waals surface area contributed by atoms with Gasteiger partial charge in [0, 0.05) is 12.2 Å². The number of aromatic nitrogens is 1. The van der Waals surface area contributed by atoms with Gasteiger partial charge in [0.05, 0.1) is 12.8 Å². The van der Waals surface area contributed by atoms with Gasteiger partial charge in [-0.2, -0.15) is 0 Å². The quantitative estimate of drug-likeness (QED) is 0.851. The summed E-state index contributed by atoms with van der Waals surface area (Å²) in [6.07, 6.45) is 1.71. The first-order valence-electron chi connectivity index (χ1n) is 6.23. The second kappa shape index (κ2) is 6.09. The third-order valence-corrected chi connectivity index (χ3v) is 3.32. The Morgan fingerprint density at radius 1 is 1.35 bits per heavy atom. The maximum absolute atomic E-state index is 13.4. The van der Waals surface area contributed by atoms with Crippen LogP contribution >= 0.6 is 11.6 Å². The van der Waals surface area contributed by atoms with Crippen LogP contribution in [0.3, 0.4) is 0 Å². The Balaban J connectivity index is 2.23. The summed E-state index contributed by atoms with van der Waals surface area (Å²) in [7, 11) is 1.45. The molecule has 0 saturated carbocycles. The Morgan fingerprint density at radius 2 is 2.10 bits per heavy atom. The summed E-state index contributed by atoms with van der Waals surface area (Å²) in [6.45, 7) is 3.91. The normalized spacial score (nSPS) is 12.1. The zero-order chi connectivity index (χ0) is 14.7. The molecule has 0 fully saturated rings. The molecule has 2 aromatic rings. The molecule has 0 aliphatic rings. The Hall–Kier alpha value is -1.81. The largest absolute Gasteiger partial charge is 0.494 e. The van der Waals surface area contributed by atoms with E-state index in [2.05, 4.69) is 10.3 Å². The van der Waals surface area contributed by atoms with E-state index in [9.17, 15) is 4.39 Å². The molecule has 0 bridgehead atoms. The number of hydrogen-bond acceptors (Lipinski definition) is 3. The van der Waals surface area contributed by atoms with E-state index in [4.69, 9.17) is 16.3 Å². The Labute approximate surface area is 122 Å². The number of ether oxygens (including phenoxy) is 1. The number of nitrogens with zero attached hydrogens (tertiary/aromatic N) is 1. The van der Waals surface area contributed by atoms with Crippen LogP contribution in [0.15, 0.2) is 30.5 Å². The van der Waals surface area contributed by atoms with Gasteiger partial charge in [-0.3, -0.25) is 0 Å². The van der Waals surface area contributed by atoms with E-state index in [1.54, 1.807) is 18.3 Å². The molecule has 1 heterocycles. The van der Waals surface area contributed by atoms with Crippen molar-refractivity contribution in [1.29, 1.82) is 0 Å². The van der Waals surface area contributed by atoms with Gasteiger partial charge >= 0.3 is 0 Å². The number of hydrogen-bond donors (Lipinski definition) is 1. The highest BCUT2D eigenvalue weighted by atomic mass is 35.5. The number of aryl methyl sites for hydroxylation is 1. The summed E-state index contributed by atoms with van der Waals surface area (Å²) >= 11 is 6.05. The Kier molecular flexibility index (Phi) is 4.45. The van der Waals surface area contributed by atoms with E-state index in [0.717, 1.165) is 16.8 Å². The number of halogens is 2. The van der Waals surface area contributed by atoms with E-state index < -0.39 is 0 Å². The van der Waals surface area contributed by atoms with Gasteiger partial charge in [-0.25, -0.2) is 9.37 Å². The van der Waals surface area contributed by atoms with Gasteiger partial charge in [0.15, 0.2) is 16.7 Å². The highest BCUT2D eigenvalue weighted by Gasteiger charge is 2.11. The van der Waals surface area contributed by atoms with Gasteiger partial charge in [0.25, 0.3) is 0 Å². The second-order valence-electron chi connectivity index (χ2n) is 4.61. The van der Waals surface area contributed by atoms with Crippen molar-refractivity contribution in [3.8, 4) is 5.75 Å². The van der Waals surface area contributed by atoms with E-state index in [-0.39, 0.29) is 17.6 Å². The molecule has 2 rings (SSSR count). The Bertz CT molecular complexity index is 619. The molecule has 0 radical (unpaired) electrons. The third kappa shape index (κ3) is 3.20. The van der Waals surface area contributed by atoms with Crippen LogP contribution < -0.4 is 10.1 Å². The van der Waals surface area contributed by atoms with Crippen molar-refractivity contribution in [2.24, 2.45) is 0 Å². The molecular weight excluding hydrogens is 279 g/mol. The Morgan fingerprint density at radius 3 is 2.80 bits per heavy atom. The maximum atomic E-state index is 13.4. The number of methoxy groups -OCH3 is 1. The van der Waals surface area contributed by atoms with Gasteiger partial charge < -0.3 is 10.1 Å². The topological polar surface area (TPSA) is 34.1 Å². The van der Waals surface area contributed by atoms with Gasteiger partial charge in [-0.1, -0.05) is 17.7 Å². The lowest BCUT2D eigenvalue weighted by Gasteiger charge is -2.17. The fourth-order valence-electron chi connectivity index (χ4n) is 1.92. The molecule has 3 nitrogen and oxygen atoms in total. The van der Waals surface area contributed by atoms with Crippen LogP contribution in [0.25, 0.3) is 0 Å². The van der Waals surface area contributed by atoms with Crippen LogP contribution in [0.5, 0.6) is 5.75 Å². The predicted molar refractivity (Wildman–Crippen MR) is 79.0 cm³/mol. The molecule has 0 amide bonds. The number of anilines is 1. The van der Waals surface area contributed by atoms with Crippen LogP contribution in [-0.4, -0.2) is 12.1 Å². The standard InChI is InChI=1S/C15H16ClFN2O/c1-9-6-13(15(16)18-8-9)19-10(2)11-4-5-12(17)14(7-11)20-3/h4-8,10,19H,1-3H3. The first-order valence-corrected chi connectivity index (χ1v) is 6.61. The molecule has 1 aromatic heterocycles. The first-order chi connectivity index (χ1) is 9.51. The zero-order valence-corrected chi connectivity index (χ0v) is 12.3. The van der Waals surface area contributed by atoms with Crippen LogP contribution in [0, 0.1) is 12.7 Å². The number of benzene rings is 1. The summed E-state index contributed by atoms with van der Waals surface area (Å²) in [6, 6.07) is 6.65. The molecule has 1 N–H and O–H groups in total. The minimum absolute atomic E-state index is 0.0504. The molecule has 0 aliphatic carbocycles. The molecule has 1 unspecified atom stereocenters. The first kappa shape index (κ1) is 14.6. The zero-order valence-electron chi connectivity index (χ0n) is 11.6.